The lowest BCUT2D eigenvalue weighted by molar-refractivity contribution is -0.138. The number of esters is 1. The van der Waals surface area contributed by atoms with E-state index in [9.17, 15) is 13.2 Å². The molecule has 0 atom stereocenters. The molecule has 0 bridgehead atoms. The van der Waals surface area contributed by atoms with Crippen molar-refractivity contribution in [3.8, 4) is 5.75 Å². The Kier molecular flexibility index (Phi) is 6.77. The molecule has 0 unspecified atom stereocenters. The number of carbonyl (C=O) groups excluding carboxylic acids is 1. The maximum Gasteiger partial charge on any atom is 0.326 e. The van der Waals surface area contributed by atoms with Crippen LogP contribution in [0.4, 0.5) is 14.5 Å². The second kappa shape index (κ2) is 9.16. The first-order valence-corrected chi connectivity index (χ1v) is 11.1. The number of hydrogen-bond acceptors (Lipinski definition) is 5. The average molecular weight is 515 g/mol. The zero-order valence-corrected chi connectivity index (χ0v) is 18.5. The molecular weight excluding hydrogens is 498 g/mol. The molecule has 3 aromatic carbocycles. The highest BCUT2D eigenvalue weighted by atomic mass is 79.9. The van der Waals surface area contributed by atoms with Gasteiger partial charge in [0.05, 0.1) is 7.11 Å². The molecule has 3 aromatic rings. The highest BCUT2D eigenvalue weighted by molar-refractivity contribution is 9.10. The van der Waals surface area contributed by atoms with Crippen molar-refractivity contribution in [3.05, 3.63) is 70.2 Å². The zero-order valence-electron chi connectivity index (χ0n) is 16.1. The quantitative estimate of drug-likeness (QED) is 0.485. The molecule has 0 aliphatic rings. The molecule has 0 radical (unpaired) electrons. The summed E-state index contributed by atoms with van der Waals surface area (Å²) in [5.41, 5.74) is -0.203. The lowest BCUT2D eigenvalue weighted by Crippen LogP contribution is -2.41. The summed E-state index contributed by atoms with van der Waals surface area (Å²) in [6, 6.07) is 12.7. The SMILES string of the molecule is COC(=O)CN(c1c(OCc2ccccc2)c(F)c2ccc(Br)cc2c1F)S(N)(=O)=O. The number of nitrogens with two attached hydrogens (primary N) is 1. The molecule has 0 aromatic heterocycles. The molecule has 11 heteroatoms. The average Bonchev–Trinajstić information content (AvgIpc) is 2.73. The number of nitrogens with zero attached hydrogens (tertiary/aromatic N) is 1. The first-order chi connectivity index (χ1) is 14.6. The van der Waals surface area contributed by atoms with Gasteiger partial charge in [0, 0.05) is 15.2 Å². The van der Waals surface area contributed by atoms with E-state index in [1.165, 1.54) is 18.2 Å². The number of fused-ring (bicyclic) bond motifs is 1. The van der Waals surface area contributed by atoms with E-state index >= 15 is 8.78 Å². The van der Waals surface area contributed by atoms with Crippen molar-refractivity contribution < 1.29 is 31.5 Å². The third-order valence-corrected chi connectivity index (χ3v) is 5.78. The topological polar surface area (TPSA) is 98.9 Å². The van der Waals surface area contributed by atoms with Gasteiger partial charge in [0.25, 0.3) is 10.2 Å². The summed E-state index contributed by atoms with van der Waals surface area (Å²) in [5, 5.41) is 4.85. The van der Waals surface area contributed by atoms with E-state index in [-0.39, 0.29) is 21.7 Å². The Balaban J connectivity index is 2.26. The molecule has 7 nitrogen and oxygen atoms in total. The van der Waals surface area contributed by atoms with Gasteiger partial charge >= 0.3 is 5.97 Å². The number of anilines is 1. The molecule has 164 valence electrons. The fourth-order valence-electron chi connectivity index (χ4n) is 2.91. The molecule has 0 fully saturated rings. The maximum atomic E-state index is 15.6. The highest BCUT2D eigenvalue weighted by Gasteiger charge is 2.32. The van der Waals surface area contributed by atoms with Crippen LogP contribution in [0.25, 0.3) is 10.8 Å². The Morgan fingerprint density at radius 3 is 2.39 bits per heavy atom. The van der Waals surface area contributed by atoms with Crippen LogP contribution in [0.2, 0.25) is 0 Å². The van der Waals surface area contributed by atoms with Crippen LogP contribution in [-0.4, -0.2) is 28.0 Å². The van der Waals surface area contributed by atoms with Gasteiger partial charge in [0.15, 0.2) is 17.4 Å². The number of ether oxygens (including phenoxy) is 2. The number of benzene rings is 3. The van der Waals surface area contributed by atoms with Crippen LogP contribution in [0.15, 0.2) is 53.0 Å². The van der Waals surface area contributed by atoms with Gasteiger partial charge in [-0.05, 0) is 17.7 Å². The smallest absolute Gasteiger partial charge is 0.326 e. The molecule has 3 rings (SSSR count). The lowest BCUT2D eigenvalue weighted by Gasteiger charge is -2.25. The minimum Gasteiger partial charge on any atom is -0.483 e. The van der Waals surface area contributed by atoms with Crippen molar-refractivity contribution in [3.63, 3.8) is 0 Å². The molecule has 0 aliphatic carbocycles. The molecule has 0 amide bonds. The van der Waals surface area contributed by atoms with Gasteiger partial charge < -0.3 is 9.47 Å². The van der Waals surface area contributed by atoms with Gasteiger partial charge in [0.2, 0.25) is 0 Å². The standard InChI is InChI=1S/C20H17BrF2N2O5S/c1-29-16(26)10-25(31(24,27)28)19-17(22)15-9-13(21)7-8-14(15)18(23)20(19)30-11-12-5-3-2-4-6-12/h2-9H,10-11H2,1H3,(H2,24,27,28). The third kappa shape index (κ3) is 4.94. The van der Waals surface area contributed by atoms with Gasteiger partial charge in [-0.2, -0.15) is 8.42 Å². The third-order valence-electron chi connectivity index (χ3n) is 4.36. The summed E-state index contributed by atoms with van der Waals surface area (Å²) in [6.45, 7) is -1.17. The summed E-state index contributed by atoms with van der Waals surface area (Å²) in [4.78, 5) is 11.8. The molecule has 0 saturated heterocycles. The summed E-state index contributed by atoms with van der Waals surface area (Å²) in [6.07, 6.45) is 0. The molecule has 31 heavy (non-hydrogen) atoms. The molecule has 0 saturated carbocycles. The molecule has 0 aliphatic heterocycles. The predicted molar refractivity (Wildman–Crippen MR) is 115 cm³/mol. The molecule has 0 heterocycles. The fourth-order valence-corrected chi connectivity index (χ4v) is 3.97. The highest BCUT2D eigenvalue weighted by Crippen LogP contribution is 2.42. The Morgan fingerprint density at radius 1 is 1.10 bits per heavy atom. The van der Waals surface area contributed by atoms with E-state index in [0.717, 1.165) is 7.11 Å². The molecular formula is C20H17BrF2N2O5S. The number of halogens is 3. The number of rotatable bonds is 7. The predicted octanol–water partition coefficient (Wildman–Crippen LogP) is 3.64. The normalized spacial score (nSPS) is 11.4. The Hall–Kier alpha value is -2.76. The Labute approximate surface area is 185 Å². The number of hydrogen-bond donors (Lipinski definition) is 1. The largest absolute Gasteiger partial charge is 0.483 e. The monoisotopic (exact) mass is 514 g/mol. The minimum absolute atomic E-state index is 0.139. The van der Waals surface area contributed by atoms with E-state index < -0.39 is 45.8 Å². The first kappa shape index (κ1) is 22.9. The lowest BCUT2D eigenvalue weighted by atomic mass is 10.1. The van der Waals surface area contributed by atoms with Crippen LogP contribution in [-0.2, 0) is 26.3 Å². The van der Waals surface area contributed by atoms with Crippen LogP contribution in [0.1, 0.15) is 5.56 Å². The van der Waals surface area contributed by atoms with Crippen LogP contribution < -0.4 is 14.2 Å². The minimum atomic E-state index is -4.71. The van der Waals surface area contributed by atoms with Crippen molar-refractivity contribution in [1.29, 1.82) is 0 Å². The van der Waals surface area contributed by atoms with Crippen molar-refractivity contribution in [1.82, 2.24) is 0 Å². The van der Waals surface area contributed by atoms with E-state index in [2.05, 4.69) is 20.7 Å². The Morgan fingerprint density at radius 2 is 1.77 bits per heavy atom. The summed E-state index contributed by atoms with van der Waals surface area (Å²) >= 11 is 3.17. The van der Waals surface area contributed by atoms with Crippen molar-refractivity contribution in [2.45, 2.75) is 6.61 Å². The van der Waals surface area contributed by atoms with Gasteiger partial charge in [0.1, 0.15) is 18.8 Å². The number of methoxy groups -OCH3 is 1. The summed E-state index contributed by atoms with van der Waals surface area (Å²) in [7, 11) is -3.69. The van der Waals surface area contributed by atoms with E-state index in [1.54, 1.807) is 30.3 Å². The number of carbonyl (C=O) groups is 1. The Bertz CT molecular complexity index is 1240. The van der Waals surface area contributed by atoms with Gasteiger partial charge in [-0.3, -0.25) is 4.79 Å². The molecule has 2 N–H and O–H groups in total. The van der Waals surface area contributed by atoms with Crippen LogP contribution in [0.3, 0.4) is 0 Å². The summed E-state index contributed by atoms with van der Waals surface area (Å²) in [5.74, 6) is -3.86. The van der Waals surface area contributed by atoms with Crippen molar-refractivity contribution in [2.24, 2.45) is 5.14 Å². The second-order valence-electron chi connectivity index (χ2n) is 6.40. The maximum absolute atomic E-state index is 15.6. The van der Waals surface area contributed by atoms with E-state index in [0.29, 0.717) is 10.0 Å². The first-order valence-electron chi connectivity index (χ1n) is 8.77. The van der Waals surface area contributed by atoms with Gasteiger partial charge in [-0.15, -0.1) is 0 Å². The van der Waals surface area contributed by atoms with Crippen LogP contribution >= 0.6 is 15.9 Å². The van der Waals surface area contributed by atoms with Gasteiger partial charge in [-0.25, -0.2) is 18.2 Å². The van der Waals surface area contributed by atoms with Crippen molar-refractivity contribution in [2.75, 3.05) is 18.0 Å². The summed E-state index contributed by atoms with van der Waals surface area (Å²) < 4.78 is 66.1. The van der Waals surface area contributed by atoms with Crippen LogP contribution in [0.5, 0.6) is 5.75 Å². The van der Waals surface area contributed by atoms with E-state index in [1.807, 2.05) is 0 Å². The second-order valence-corrected chi connectivity index (χ2v) is 8.78. The molecule has 0 spiro atoms. The van der Waals surface area contributed by atoms with Gasteiger partial charge in [-0.1, -0.05) is 52.3 Å². The van der Waals surface area contributed by atoms with Crippen molar-refractivity contribution >= 4 is 48.6 Å². The fraction of sp³-hybridized carbons (Fsp3) is 0.150. The zero-order chi connectivity index (χ0) is 22.8. The van der Waals surface area contributed by atoms with E-state index in [4.69, 9.17) is 9.88 Å². The van der Waals surface area contributed by atoms with Crippen LogP contribution in [0, 0.1) is 11.6 Å².